The maximum atomic E-state index is 13.4. The lowest BCUT2D eigenvalue weighted by Crippen LogP contribution is -2.14. The van der Waals surface area contributed by atoms with E-state index in [-0.39, 0.29) is 17.0 Å². The Morgan fingerprint density at radius 1 is 1.00 bits per heavy atom. The SMILES string of the molecule is CS(=O)(=O)c1ccc(CNCc2cc(F)ccc2F)cc1. The fraction of sp³-hybridized carbons (Fsp3) is 0.200. The third-order valence-electron chi connectivity index (χ3n) is 3.00. The first-order chi connectivity index (χ1) is 9.86. The molecule has 0 radical (unpaired) electrons. The minimum atomic E-state index is -3.21. The van der Waals surface area contributed by atoms with Gasteiger partial charge in [-0.05, 0) is 35.9 Å². The number of rotatable bonds is 5. The van der Waals surface area contributed by atoms with Gasteiger partial charge in [0.05, 0.1) is 4.90 Å². The van der Waals surface area contributed by atoms with Crippen LogP contribution in [-0.4, -0.2) is 14.7 Å². The minimum Gasteiger partial charge on any atom is -0.309 e. The van der Waals surface area contributed by atoms with Gasteiger partial charge in [-0.15, -0.1) is 0 Å². The molecule has 0 atom stereocenters. The van der Waals surface area contributed by atoms with Crippen LogP contribution in [0.15, 0.2) is 47.4 Å². The van der Waals surface area contributed by atoms with Crippen LogP contribution in [-0.2, 0) is 22.9 Å². The highest BCUT2D eigenvalue weighted by Crippen LogP contribution is 2.12. The zero-order chi connectivity index (χ0) is 15.5. The second kappa shape index (κ2) is 6.32. The van der Waals surface area contributed by atoms with Crippen molar-refractivity contribution in [3.05, 3.63) is 65.2 Å². The largest absolute Gasteiger partial charge is 0.309 e. The van der Waals surface area contributed by atoms with Gasteiger partial charge in [-0.3, -0.25) is 0 Å². The third kappa shape index (κ3) is 4.34. The molecule has 0 aliphatic heterocycles. The molecule has 0 spiro atoms. The average molecular weight is 311 g/mol. The van der Waals surface area contributed by atoms with Crippen LogP contribution in [0.4, 0.5) is 8.78 Å². The molecule has 112 valence electrons. The van der Waals surface area contributed by atoms with E-state index in [0.717, 1.165) is 30.0 Å². The number of benzene rings is 2. The number of nitrogens with one attached hydrogen (secondary N) is 1. The summed E-state index contributed by atoms with van der Waals surface area (Å²) in [6.45, 7) is 0.622. The zero-order valence-corrected chi connectivity index (χ0v) is 12.3. The molecule has 0 bridgehead atoms. The molecule has 0 aromatic heterocycles. The van der Waals surface area contributed by atoms with Crippen molar-refractivity contribution in [2.45, 2.75) is 18.0 Å². The van der Waals surface area contributed by atoms with Crippen LogP contribution in [0.5, 0.6) is 0 Å². The van der Waals surface area contributed by atoms with E-state index in [1.165, 1.54) is 12.1 Å². The van der Waals surface area contributed by atoms with Gasteiger partial charge in [-0.2, -0.15) is 0 Å². The quantitative estimate of drug-likeness (QED) is 0.923. The molecule has 0 unspecified atom stereocenters. The van der Waals surface area contributed by atoms with Gasteiger partial charge in [0, 0.05) is 24.9 Å². The van der Waals surface area contributed by atoms with Crippen LogP contribution in [0.3, 0.4) is 0 Å². The van der Waals surface area contributed by atoms with Crippen molar-refractivity contribution < 1.29 is 17.2 Å². The fourth-order valence-electron chi connectivity index (χ4n) is 1.87. The summed E-state index contributed by atoms with van der Waals surface area (Å²) in [7, 11) is -3.21. The molecular weight excluding hydrogens is 296 g/mol. The molecule has 0 aliphatic carbocycles. The standard InChI is InChI=1S/C15H15F2NO2S/c1-21(19,20)14-5-2-11(3-6-14)9-18-10-12-8-13(16)4-7-15(12)17/h2-8,18H,9-10H2,1H3. The summed E-state index contributed by atoms with van der Waals surface area (Å²) in [4.78, 5) is 0.252. The molecule has 6 heteroatoms. The van der Waals surface area contributed by atoms with Crippen molar-refractivity contribution >= 4 is 9.84 Å². The molecule has 0 saturated heterocycles. The summed E-state index contributed by atoms with van der Waals surface area (Å²) in [5.74, 6) is -0.943. The number of hydrogen-bond acceptors (Lipinski definition) is 3. The van der Waals surface area contributed by atoms with Gasteiger partial charge in [0.15, 0.2) is 9.84 Å². The Balaban J connectivity index is 1.96. The van der Waals surface area contributed by atoms with Gasteiger partial charge >= 0.3 is 0 Å². The van der Waals surface area contributed by atoms with Crippen molar-refractivity contribution in [3.63, 3.8) is 0 Å². The van der Waals surface area contributed by atoms with Crippen molar-refractivity contribution in [2.75, 3.05) is 6.26 Å². The van der Waals surface area contributed by atoms with Crippen LogP contribution in [0.1, 0.15) is 11.1 Å². The Bertz CT molecular complexity index is 728. The molecule has 0 saturated carbocycles. The number of halogens is 2. The molecule has 1 N–H and O–H groups in total. The summed E-state index contributed by atoms with van der Waals surface area (Å²) in [5, 5.41) is 2.99. The molecule has 2 rings (SSSR count). The first kappa shape index (κ1) is 15.6. The summed E-state index contributed by atoms with van der Waals surface area (Å²) in [6.07, 6.45) is 1.15. The van der Waals surface area contributed by atoms with Crippen molar-refractivity contribution in [1.29, 1.82) is 0 Å². The van der Waals surface area contributed by atoms with Crippen LogP contribution in [0.2, 0.25) is 0 Å². The Morgan fingerprint density at radius 2 is 1.67 bits per heavy atom. The van der Waals surface area contributed by atoms with Crippen LogP contribution >= 0.6 is 0 Å². The molecule has 3 nitrogen and oxygen atoms in total. The highest BCUT2D eigenvalue weighted by atomic mass is 32.2. The maximum Gasteiger partial charge on any atom is 0.175 e. The van der Waals surface area contributed by atoms with Gasteiger partial charge in [-0.1, -0.05) is 12.1 Å². The summed E-state index contributed by atoms with van der Waals surface area (Å²) in [5.41, 5.74) is 1.11. The number of hydrogen-bond donors (Lipinski definition) is 1. The predicted octanol–water partition coefficient (Wildman–Crippen LogP) is 2.66. The monoisotopic (exact) mass is 311 g/mol. The van der Waals surface area contributed by atoms with Crippen molar-refractivity contribution in [3.8, 4) is 0 Å². The van der Waals surface area contributed by atoms with Gasteiger partial charge in [0.25, 0.3) is 0 Å². The summed E-state index contributed by atoms with van der Waals surface area (Å²) in [6, 6.07) is 9.73. The zero-order valence-electron chi connectivity index (χ0n) is 11.4. The van der Waals surface area contributed by atoms with E-state index >= 15 is 0 Å². The second-order valence-electron chi connectivity index (χ2n) is 4.76. The topological polar surface area (TPSA) is 46.2 Å². The lowest BCUT2D eigenvalue weighted by Gasteiger charge is -2.07. The lowest BCUT2D eigenvalue weighted by molar-refractivity contribution is 0.568. The summed E-state index contributed by atoms with van der Waals surface area (Å²) >= 11 is 0. The van der Waals surface area contributed by atoms with E-state index in [0.29, 0.717) is 6.54 Å². The Kier molecular flexibility index (Phi) is 4.69. The Labute approximate surface area is 122 Å². The smallest absolute Gasteiger partial charge is 0.175 e. The van der Waals surface area contributed by atoms with E-state index in [4.69, 9.17) is 0 Å². The highest BCUT2D eigenvalue weighted by Gasteiger charge is 2.06. The van der Waals surface area contributed by atoms with E-state index in [2.05, 4.69) is 5.32 Å². The molecule has 0 aliphatic rings. The van der Waals surface area contributed by atoms with Gasteiger partial charge < -0.3 is 5.32 Å². The summed E-state index contributed by atoms with van der Waals surface area (Å²) < 4.78 is 49.0. The lowest BCUT2D eigenvalue weighted by atomic mass is 10.2. The maximum absolute atomic E-state index is 13.4. The normalized spacial score (nSPS) is 11.6. The third-order valence-corrected chi connectivity index (χ3v) is 4.13. The predicted molar refractivity (Wildman–Crippen MR) is 76.5 cm³/mol. The van der Waals surface area contributed by atoms with Gasteiger partial charge in [0.2, 0.25) is 0 Å². The molecule has 2 aromatic carbocycles. The second-order valence-corrected chi connectivity index (χ2v) is 6.77. The van der Waals surface area contributed by atoms with E-state index in [1.54, 1.807) is 12.1 Å². The molecule has 0 fully saturated rings. The van der Waals surface area contributed by atoms with Crippen molar-refractivity contribution in [1.82, 2.24) is 5.32 Å². The number of sulfone groups is 1. The van der Waals surface area contributed by atoms with Gasteiger partial charge in [0.1, 0.15) is 11.6 Å². The Hall–Kier alpha value is -1.79. The Morgan fingerprint density at radius 3 is 2.29 bits per heavy atom. The van der Waals surface area contributed by atoms with Crippen LogP contribution in [0, 0.1) is 11.6 Å². The van der Waals surface area contributed by atoms with Crippen LogP contribution in [0.25, 0.3) is 0 Å². The first-order valence-corrected chi connectivity index (χ1v) is 8.19. The molecule has 21 heavy (non-hydrogen) atoms. The molecule has 0 heterocycles. The highest BCUT2D eigenvalue weighted by molar-refractivity contribution is 7.90. The fourth-order valence-corrected chi connectivity index (χ4v) is 2.51. The molecule has 0 amide bonds. The van der Waals surface area contributed by atoms with E-state index in [1.807, 2.05) is 0 Å². The van der Waals surface area contributed by atoms with E-state index < -0.39 is 21.5 Å². The van der Waals surface area contributed by atoms with Gasteiger partial charge in [-0.25, -0.2) is 17.2 Å². The van der Waals surface area contributed by atoms with Crippen LogP contribution < -0.4 is 5.32 Å². The molecule has 2 aromatic rings. The molecular formula is C15H15F2NO2S. The average Bonchev–Trinajstić information content (AvgIpc) is 2.42. The van der Waals surface area contributed by atoms with E-state index in [9.17, 15) is 17.2 Å². The first-order valence-electron chi connectivity index (χ1n) is 6.30. The minimum absolute atomic E-state index is 0.192. The van der Waals surface area contributed by atoms with Crippen molar-refractivity contribution in [2.24, 2.45) is 0 Å².